The van der Waals surface area contributed by atoms with Crippen LogP contribution in [0, 0.1) is 0 Å². The molecule has 0 aliphatic rings. The first kappa shape index (κ1) is 15.3. The Balaban J connectivity index is 2.15. The molecule has 0 bridgehead atoms. The fourth-order valence-corrected chi connectivity index (χ4v) is 2.30. The Kier molecular flexibility index (Phi) is 5.17. The smallest absolute Gasteiger partial charge is 0.309 e. The normalized spacial score (nSPS) is 12.1. The van der Waals surface area contributed by atoms with Gasteiger partial charge < -0.3 is 14.4 Å². The summed E-state index contributed by atoms with van der Waals surface area (Å²) in [7, 11) is 1.40. The lowest BCUT2D eigenvalue weighted by molar-refractivity contribution is -0.139. The molecule has 4 heteroatoms. The molecule has 0 saturated heterocycles. The monoisotopic (exact) mass is 287 g/mol. The quantitative estimate of drug-likeness (QED) is 0.831. The number of rotatable bonds is 6. The van der Waals surface area contributed by atoms with E-state index in [-0.39, 0.29) is 12.4 Å². The summed E-state index contributed by atoms with van der Waals surface area (Å²) in [6, 6.07) is 9.76. The van der Waals surface area contributed by atoms with E-state index in [2.05, 4.69) is 0 Å². The number of aliphatic hydroxyl groups excluding tert-OH is 1. The van der Waals surface area contributed by atoms with Gasteiger partial charge in [0.15, 0.2) is 0 Å². The topological polar surface area (TPSA) is 51.5 Å². The van der Waals surface area contributed by atoms with Gasteiger partial charge in [0.25, 0.3) is 0 Å². The van der Waals surface area contributed by atoms with Crippen molar-refractivity contribution in [2.45, 2.75) is 32.4 Å². The van der Waals surface area contributed by atoms with Gasteiger partial charge in [-0.3, -0.25) is 4.79 Å². The summed E-state index contributed by atoms with van der Waals surface area (Å²) in [4.78, 5) is 11.5. The molecular weight excluding hydrogens is 266 g/mol. The molecule has 1 N–H and O–H groups in total. The zero-order valence-corrected chi connectivity index (χ0v) is 12.5. The molecule has 112 valence electrons. The largest absolute Gasteiger partial charge is 0.469 e. The lowest BCUT2D eigenvalue weighted by atomic mass is 10.0. The van der Waals surface area contributed by atoms with Crippen LogP contribution in [-0.2, 0) is 22.5 Å². The molecule has 21 heavy (non-hydrogen) atoms. The number of benzene rings is 1. The molecule has 1 atom stereocenters. The number of esters is 1. The van der Waals surface area contributed by atoms with Gasteiger partial charge in [-0.05, 0) is 29.2 Å². The summed E-state index contributed by atoms with van der Waals surface area (Å²) < 4.78 is 6.75. The van der Waals surface area contributed by atoms with Crippen molar-refractivity contribution in [1.82, 2.24) is 4.57 Å². The van der Waals surface area contributed by atoms with Crippen molar-refractivity contribution in [3.63, 3.8) is 0 Å². The van der Waals surface area contributed by atoms with Gasteiger partial charge in [0.05, 0.1) is 19.6 Å². The fourth-order valence-electron chi connectivity index (χ4n) is 2.30. The van der Waals surface area contributed by atoms with Gasteiger partial charge in [-0.25, -0.2) is 0 Å². The van der Waals surface area contributed by atoms with Gasteiger partial charge in [0.1, 0.15) is 0 Å². The molecular formula is C17H21NO3. The third-order valence-electron chi connectivity index (χ3n) is 3.58. The Hall–Kier alpha value is -2.07. The van der Waals surface area contributed by atoms with Crippen molar-refractivity contribution in [2.24, 2.45) is 0 Å². The van der Waals surface area contributed by atoms with Gasteiger partial charge in [-0.1, -0.05) is 31.2 Å². The zero-order chi connectivity index (χ0) is 15.2. The molecule has 1 unspecified atom stereocenters. The van der Waals surface area contributed by atoms with Crippen LogP contribution in [0.3, 0.4) is 0 Å². The van der Waals surface area contributed by atoms with Crippen LogP contribution in [0.5, 0.6) is 0 Å². The van der Waals surface area contributed by atoms with Crippen LogP contribution in [0.2, 0.25) is 0 Å². The van der Waals surface area contributed by atoms with E-state index in [4.69, 9.17) is 4.74 Å². The summed E-state index contributed by atoms with van der Waals surface area (Å²) in [6.45, 7) is 2.62. The van der Waals surface area contributed by atoms with Gasteiger partial charge in [-0.2, -0.15) is 0 Å². The van der Waals surface area contributed by atoms with Crippen LogP contribution in [0.15, 0.2) is 42.7 Å². The molecule has 0 aliphatic carbocycles. The van der Waals surface area contributed by atoms with E-state index in [9.17, 15) is 9.90 Å². The molecule has 0 aliphatic heterocycles. The third-order valence-corrected chi connectivity index (χ3v) is 3.58. The molecule has 0 saturated carbocycles. The highest BCUT2D eigenvalue weighted by atomic mass is 16.5. The lowest BCUT2D eigenvalue weighted by Crippen LogP contribution is -2.08. The number of aromatic nitrogens is 1. The summed E-state index contributed by atoms with van der Waals surface area (Å²) in [5.74, 6) is -0.239. The van der Waals surface area contributed by atoms with E-state index in [0.29, 0.717) is 13.0 Å². The van der Waals surface area contributed by atoms with E-state index in [0.717, 1.165) is 16.7 Å². The van der Waals surface area contributed by atoms with Crippen LogP contribution in [0.1, 0.15) is 36.1 Å². The predicted molar refractivity (Wildman–Crippen MR) is 80.9 cm³/mol. The summed E-state index contributed by atoms with van der Waals surface area (Å²) >= 11 is 0. The molecule has 0 radical (unpaired) electrons. The van der Waals surface area contributed by atoms with E-state index in [1.54, 1.807) is 0 Å². The molecule has 4 nitrogen and oxygen atoms in total. The second kappa shape index (κ2) is 7.09. The minimum Gasteiger partial charge on any atom is -0.469 e. The molecule has 1 heterocycles. The number of methoxy groups -OCH3 is 1. The average molecular weight is 287 g/mol. The Morgan fingerprint density at radius 1 is 1.29 bits per heavy atom. The van der Waals surface area contributed by atoms with E-state index in [1.807, 2.05) is 54.2 Å². The highest BCUT2D eigenvalue weighted by Gasteiger charge is 2.10. The van der Waals surface area contributed by atoms with Gasteiger partial charge in [0.2, 0.25) is 0 Å². The van der Waals surface area contributed by atoms with E-state index in [1.165, 1.54) is 7.11 Å². The number of hydrogen-bond donors (Lipinski definition) is 1. The Morgan fingerprint density at radius 3 is 2.67 bits per heavy atom. The molecule has 0 spiro atoms. The van der Waals surface area contributed by atoms with Crippen LogP contribution in [-0.4, -0.2) is 22.8 Å². The van der Waals surface area contributed by atoms with Gasteiger partial charge in [0, 0.05) is 18.9 Å². The molecule has 2 rings (SSSR count). The number of aliphatic hydroxyl groups is 1. The fraction of sp³-hybridized carbons (Fsp3) is 0.353. The highest BCUT2D eigenvalue weighted by molar-refractivity contribution is 5.72. The van der Waals surface area contributed by atoms with Gasteiger partial charge >= 0.3 is 5.97 Å². The Morgan fingerprint density at radius 2 is 2.00 bits per heavy atom. The van der Waals surface area contributed by atoms with E-state index >= 15 is 0 Å². The third kappa shape index (κ3) is 3.95. The maximum absolute atomic E-state index is 11.5. The Labute approximate surface area is 125 Å². The van der Waals surface area contributed by atoms with Crippen molar-refractivity contribution >= 4 is 5.97 Å². The second-order valence-corrected chi connectivity index (χ2v) is 5.06. The molecule has 1 aromatic carbocycles. The van der Waals surface area contributed by atoms with Crippen LogP contribution >= 0.6 is 0 Å². The maximum Gasteiger partial charge on any atom is 0.309 e. The molecule has 0 fully saturated rings. The number of carbonyl (C=O) groups is 1. The minimum absolute atomic E-state index is 0.239. The van der Waals surface area contributed by atoms with Crippen LogP contribution in [0.25, 0.3) is 0 Å². The maximum atomic E-state index is 11.5. The number of nitrogens with zero attached hydrogens (tertiary/aromatic N) is 1. The van der Waals surface area contributed by atoms with E-state index < -0.39 is 6.10 Å². The SMILES string of the molecule is CCC(O)c1ccn(Cc2ccccc2CC(=O)OC)c1. The van der Waals surface area contributed by atoms with Crippen LogP contribution < -0.4 is 0 Å². The summed E-state index contributed by atoms with van der Waals surface area (Å²) in [6.07, 6.45) is 4.45. The lowest BCUT2D eigenvalue weighted by Gasteiger charge is -2.10. The number of hydrogen-bond acceptors (Lipinski definition) is 3. The standard InChI is InChI=1S/C17H21NO3/c1-3-16(19)15-8-9-18(12-15)11-14-7-5-4-6-13(14)10-17(20)21-2/h4-9,12,16,19H,3,10-11H2,1-2H3. The van der Waals surface area contributed by atoms with Crippen molar-refractivity contribution in [1.29, 1.82) is 0 Å². The average Bonchev–Trinajstić information content (AvgIpc) is 2.97. The first-order valence-corrected chi connectivity index (χ1v) is 7.11. The number of ether oxygens (including phenoxy) is 1. The molecule has 1 aromatic heterocycles. The van der Waals surface area contributed by atoms with Crippen molar-refractivity contribution in [2.75, 3.05) is 7.11 Å². The number of carbonyl (C=O) groups excluding carboxylic acids is 1. The molecule has 2 aromatic rings. The summed E-state index contributed by atoms with van der Waals surface area (Å²) in [5.41, 5.74) is 2.97. The van der Waals surface area contributed by atoms with Crippen LogP contribution in [0.4, 0.5) is 0 Å². The molecule has 0 amide bonds. The van der Waals surface area contributed by atoms with Gasteiger partial charge in [-0.15, -0.1) is 0 Å². The van der Waals surface area contributed by atoms with Crippen molar-refractivity contribution < 1.29 is 14.6 Å². The highest BCUT2D eigenvalue weighted by Crippen LogP contribution is 2.18. The second-order valence-electron chi connectivity index (χ2n) is 5.06. The van der Waals surface area contributed by atoms with Crippen molar-refractivity contribution in [3.05, 3.63) is 59.4 Å². The predicted octanol–water partition coefficient (Wildman–Crippen LogP) is 2.70. The zero-order valence-electron chi connectivity index (χ0n) is 12.5. The Bertz CT molecular complexity index is 604. The van der Waals surface area contributed by atoms with Crippen molar-refractivity contribution in [3.8, 4) is 0 Å². The summed E-state index contributed by atoms with van der Waals surface area (Å²) in [5, 5.41) is 9.84. The first-order valence-electron chi connectivity index (χ1n) is 7.11. The first-order chi connectivity index (χ1) is 10.1. The minimum atomic E-state index is -0.420.